The molecule has 0 bridgehead atoms. The lowest BCUT2D eigenvalue weighted by atomic mass is 9.93. The van der Waals surface area contributed by atoms with Gasteiger partial charge < -0.3 is 10.6 Å². The number of aromatic nitrogens is 3. The highest BCUT2D eigenvalue weighted by Gasteiger charge is 2.17. The number of rotatable bonds is 7. The second-order valence-electron chi connectivity index (χ2n) is 7.90. The summed E-state index contributed by atoms with van der Waals surface area (Å²) in [6.45, 7) is 11.5. The van der Waals surface area contributed by atoms with Gasteiger partial charge in [-0.25, -0.2) is 9.98 Å². The Morgan fingerprint density at radius 1 is 1.13 bits per heavy atom. The summed E-state index contributed by atoms with van der Waals surface area (Å²) in [6, 6.07) is 10.3. The van der Waals surface area contributed by atoms with E-state index in [1.165, 1.54) is 11.1 Å². The summed E-state index contributed by atoms with van der Waals surface area (Å²) in [7, 11) is 0. The van der Waals surface area contributed by atoms with Crippen molar-refractivity contribution in [3.05, 3.63) is 69.9 Å². The van der Waals surface area contributed by atoms with E-state index >= 15 is 0 Å². The van der Waals surface area contributed by atoms with Crippen LogP contribution in [0, 0.1) is 0 Å². The first-order chi connectivity index (χ1) is 14.0. The highest BCUT2D eigenvalue weighted by atomic mass is 127. The van der Waals surface area contributed by atoms with Crippen molar-refractivity contribution in [1.29, 1.82) is 0 Å². The minimum absolute atomic E-state index is 0. The van der Waals surface area contributed by atoms with Crippen LogP contribution in [0.15, 0.2) is 53.1 Å². The number of thiazole rings is 1. The van der Waals surface area contributed by atoms with Gasteiger partial charge in [0, 0.05) is 29.7 Å². The van der Waals surface area contributed by atoms with Crippen LogP contribution in [-0.2, 0) is 25.0 Å². The lowest BCUT2D eigenvalue weighted by molar-refractivity contribution is 0.570. The van der Waals surface area contributed by atoms with E-state index in [0.29, 0.717) is 13.1 Å². The molecule has 2 N–H and O–H groups in total. The van der Waals surface area contributed by atoms with Gasteiger partial charge in [0.15, 0.2) is 5.96 Å². The van der Waals surface area contributed by atoms with Crippen molar-refractivity contribution >= 4 is 41.3 Å². The van der Waals surface area contributed by atoms with Crippen molar-refractivity contribution in [1.82, 2.24) is 25.4 Å². The zero-order chi connectivity index (χ0) is 20.7. The molecule has 2 aromatic heterocycles. The van der Waals surface area contributed by atoms with Gasteiger partial charge in [-0.3, -0.25) is 4.68 Å². The Hall–Kier alpha value is -1.94. The number of halogens is 1. The predicted molar refractivity (Wildman–Crippen MR) is 136 cm³/mol. The molecule has 0 radical (unpaired) electrons. The van der Waals surface area contributed by atoms with E-state index in [0.717, 1.165) is 29.8 Å². The maximum atomic E-state index is 4.79. The van der Waals surface area contributed by atoms with Crippen molar-refractivity contribution in [3.8, 4) is 0 Å². The standard InChI is InChI=1S/C22H30N6S.HI/c1-5-23-21(25-14-20-27-19(16-29-20)22(2,3)4)24-13-17-9-6-7-10-18(17)15-28-12-8-11-26-28;/h6-12,16H,5,13-15H2,1-4H3,(H2,23,24,25);1H. The van der Waals surface area contributed by atoms with Crippen LogP contribution in [0.2, 0.25) is 0 Å². The van der Waals surface area contributed by atoms with E-state index in [1.54, 1.807) is 17.5 Å². The average Bonchev–Trinajstić information content (AvgIpc) is 3.36. The molecule has 0 aliphatic rings. The van der Waals surface area contributed by atoms with Crippen molar-refractivity contribution in [2.75, 3.05) is 6.54 Å². The zero-order valence-corrected chi connectivity index (χ0v) is 21.2. The minimum atomic E-state index is 0. The number of hydrogen-bond acceptors (Lipinski definition) is 4. The molecule has 8 heteroatoms. The number of nitrogens with zero attached hydrogens (tertiary/aromatic N) is 4. The normalized spacial score (nSPS) is 11.8. The summed E-state index contributed by atoms with van der Waals surface area (Å²) in [5.74, 6) is 0.800. The number of nitrogens with one attached hydrogen (secondary N) is 2. The molecule has 2 heterocycles. The van der Waals surface area contributed by atoms with Gasteiger partial charge in [0.25, 0.3) is 0 Å². The van der Waals surface area contributed by atoms with Gasteiger partial charge in [0.05, 0.1) is 25.3 Å². The molecule has 162 valence electrons. The van der Waals surface area contributed by atoms with Crippen LogP contribution >= 0.6 is 35.3 Å². The first-order valence-corrected chi connectivity index (χ1v) is 10.8. The monoisotopic (exact) mass is 538 g/mol. The van der Waals surface area contributed by atoms with Crippen LogP contribution in [0.1, 0.15) is 49.5 Å². The molecule has 0 spiro atoms. The summed E-state index contributed by atoms with van der Waals surface area (Å²) in [5.41, 5.74) is 3.63. The molecule has 30 heavy (non-hydrogen) atoms. The SMILES string of the molecule is CCNC(=NCc1ccccc1Cn1cccn1)NCc1nc(C(C)(C)C)cs1.I. The fourth-order valence-corrected chi connectivity index (χ4v) is 3.80. The van der Waals surface area contributed by atoms with Crippen LogP contribution in [-0.4, -0.2) is 27.3 Å². The molecular formula is C22H31IN6S. The zero-order valence-electron chi connectivity index (χ0n) is 18.1. The van der Waals surface area contributed by atoms with Crippen LogP contribution in [0.25, 0.3) is 0 Å². The molecule has 0 aliphatic heterocycles. The van der Waals surface area contributed by atoms with E-state index < -0.39 is 0 Å². The average molecular weight is 539 g/mol. The summed E-state index contributed by atoms with van der Waals surface area (Å²) in [6.07, 6.45) is 3.78. The Labute approximate surface area is 200 Å². The van der Waals surface area contributed by atoms with Crippen molar-refractivity contribution in [2.45, 2.75) is 52.7 Å². The Balaban J connectivity index is 0.00000320. The third-order valence-electron chi connectivity index (χ3n) is 4.49. The Kier molecular flexibility index (Phi) is 9.29. The van der Waals surface area contributed by atoms with Crippen molar-refractivity contribution in [3.63, 3.8) is 0 Å². The van der Waals surface area contributed by atoms with Gasteiger partial charge in [-0.15, -0.1) is 35.3 Å². The van der Waals surface area contributed by atoms with E-state index in [4.69, 9.17) is 9.98 Å². The lowest BCUT2D eigenvalue weighted by Gasteiger charge is -2.14. The Bertz CT molecular complexity index is 927. The number of benzene rings is 1. The third kappa shape index (κ3) is 7.09. The summed E-state index contributed by atoms with van der Waals surface area (Å²) >= 11 is 1.69. The van der Waals surface area contributed by atoms with Crippen molar-refractivity contribution in [2.24, 2.45) is 4.99 Å². The smallest absolute Gasteiger partial charge is 0.191 e. The molecule has 0 aliphatic carbocycles. The van der Waals surface area contributed by atoms with E-state index in [2.05, 4.69) is 73.1 Å². The van der Waals surface area contributed by atoms with E-state index in [1.807, 2.05) is 16.9 Å². The highest BCUT2D eigenvalue weighted by molar-refractivity contribution is 14.0. The van der Waals surface area contributed by atoms with Gasteiger partial charge in [0.2, 0.25) is 0 Å². The van der Waals surface area contributed by atoms with E-state index in [-0.39, 0.29) is 29.4 Å². The van der Waals surface area contributed by atoms with Gasteiger partial charge in [-0.2, -0.15) is 5.10 Å². The predicted octanol–water partition coefficient (Wildman–Crippen LogP) is 4.56. The minimum Gasteiger partial charge on any atom is -0.357 e. The molecule has 3 rings (SSSR count). The van der Waals surface area contributed by atoms with E-state index in [9.17, 15) is 0 Å². The first kappa shape index (κ1) is 24.3. The van der Waals surface area contributed by atoms with Gasteiger partial charge >= 0.3 is 0 Å². The largest absolute Gasteiger partial charge is 0.357 e. The number of guanidine groups is 1. The molecule has 0 atom stereocenters. The summed E-state index contributed by atoms with van der Waals surface area (Å²) < 4.78 is 1.93. The van der Waals surface area contributed by atoms with Crippen LogP contribution in [0.5, 0.6) is 0 Å². The molecule has 3 aromatic rings. The second-order valence-corrected chi connectivity index (χ2v) is 8.84. The van der Waals surface area contributed by atoms with Crippen LogP contribution in [0.4, 0.5) is 0 Å². The topological polar surface area (TPSA) is 67.1 Å². The molecule has 6 nitrogen and oxygen atoms in total. The summed E-state index contributed by atoms with van der Waals surface area (Å²) in [4.78, 5) is 9.54. The molecule has 0 fully saturated rings. The Morgan fingerprint density at radius 3 is 2.53 bits per heavy atom. The fraction of sp³-hybridized carbons (Fsp3) is 0.409. The molecule has 0 saturated carbocycles. The second kappa shape index (κ2) is 11.5. The molecule has 1 aromatic carbocycles. The maximum Gasteiger partial charge on any atom is 0.191 e. The molecular weight excluding hydrogens is 507 g/mol. The molecule has 0 unspecified atom stereocenters. The lowest BCUT2D eigenvalue weighted by Crippen LogP contribution is -2.36. The number of aliphatic imine (C=N–C) groups is 1. The van der Waals surface area contributed by atoms with Gasteiger partial charge in [0.1, 0.15) is 5.01 Å². The van der Waals surface area contributed by atoms with Gasteiger partial charge in [-0.05, 0) is 24.1 Å². The quantitative estimate of drug-likeness (QED) is 0.263. The Morgan fingerprint density at radius 2 is 1.90 bits per heavy atom. The van der Waals surface area contributed by atoms with Crippen LogP contribution in [0.3, 0.4) is 0 Å². The number of hydrogen-bond donors (Lipinski definition) is 2. The van der Waals surface area contributed by atoms with Crippen LogP contribution < -0.4 is 10.6 Å². The molecule has 0 amide bonds. The first-order valence-electron chi connectivity index (χ1n) is 9.97. The van der Waals surface area contributed by atoms with Crippen molar-refractivity contribution < 1.29 is 0 Å². The fourth-order valence-electron chi connectivity index (χ4n) is 2.84. The summed E-state index contributed by atoms with van der Waals surface area (Å²) in [5, 5.41) is 14.3. The third-order valence-corrected chi connectivity index (χ3v) is 5.34. The van der Waals surface area contributed by atoms with Gasteiger partial charge in [-0.1, -0.05) is 45.0 Å². The maximum absolute atomic E-state index is 4.79. The highest BCUT2D eigenvalue weighted by Crippen LogP contribution is 2.23. The molecule has 0 saturated heterocycles.